The van der Waals surface area contributed by atoms with E-state index in [1.54, 1.807) is 12.3 Å². The Morgan fingerprint density at radius 3 is 2.73 bits per heavy atom. The van der Waals surface area contributed by atoms with Gasteiger partial charge in [0.2, 0.25) is 5.88 Å². The van der Waals surface area contributed by atoms with Gasteiger partial charge in [0.25, 0.3) is 0 Å². The molecule has 2 aliphatic heterocycles. The van der Waals surface area contributed by atoms with Crippen molar-refractivity contribution in [3.8, 4) is 5.88 Å². The number of benzene rings is 1. The van der Waals surface area contributed by atoms with E-state index in [4.69, 9.17) is 16.3 Å². The molecule has 0 radical (unpaired) electrons. The zero-order valence-corrected chi connectivity index (χ0v) is 27.8. The first-order valence-corrected chi connectivity index (χ1v) is 16.1. The Balaban J connectivity index is 0.000000670. The van der Waals surface area contributed by atoms with Crippen molar-refractivity contribution >= 4 is 50.2 Å². The maximum Gasteiger partial charge on any atom is 0.216 e. The van der Waals surface area contributed by atoms with Crippen LogP contribution in [0.4, 0.5) is 21.5 Å². The molecule has 0 spiro atoms. The van der Waals surface area contributed by atoms with Crippen LogP contribution < -0.4 is 20.1 Å². The van der Waals surface area contributed by atoms with Gasteiger partial charge in [-0.1, -0.05) is 50.2 Å². The van der Waals surface area contributed by atoms with Crippen LogP contribution in [-0.2, 0) is 0 Å². The Labute approximate surface area is 274 Å². The molecular formula is C35H40BrClFN5O. The summed E-state index contributed by atoms with van der Waals surface area (Å²) < 4.78 is 17.8. The summed E-state index contributed by atoms with van der Waals surface area (Å²) in [7, 11) is 0. The third-order valence-corrected chi connectivity index (χ3v) is 8.43. The topological polar surface area (TPSA) is 53.5 Å². The summed E-state index contributed by atoms with van der Waals surface area (Å²) >= 11 is 10.5. The van der Waals surface area contributed by atoms with Crippen LogP contribution >= 0.6 is 27.5 Å². The Morgan fingerprint density at radius 1 is 1.25 bits per heavy atom. The lowest BCUT2D eigenvalue weighted by Gasteiger charge is -2.34. The zero-order chi connectivity index (χ0) is 31.6. The normalized spacial score (nSPS) is 15.7. The molecule has 2 aliphatic rings. The van der Waals surface area contributed by atoms with Crippen molar-refractivity contribution in [3.63, 3.8) is 0 Å². The smallest absolute Gasteiger partial charge is 0.216 e. The Kier molecular flexibility index (Phi) is 12.2. The van der Waals surface area contributed by atoms with E-state index in [2.05, 4.69) is 86.8 Å². The molecular weight excluding hydrogens is 641 g/mol. The van der Waals surface area contributed by atoms with Gasteiger partial charge in [0.15, 0.2) is 0 Å². The Morgan fingerprint density at radius 2 is 2.07 bits per heavy atom. The predicted molar refractivity (Wildman–Crippen MR) is 185 cm³/mol. The fourth-order valence-corrected chi connectivity index (χ4v) is 5.89. The largest absolute Gasteiger partial charge is 0.475 e. The number of hydrogen-bond donors (Lipinski definition) is 1. The van der Waals surface area contributed by atoms with Gasteiger partial charge in [-0.3, -0.25) is 0 Å². The van der Waals surface area contributed by atoms with Crippen molar-refractivity contribution in [1.29, 1.82) is 0 Å². The second-order valence-electron chi connectivity index (χ2n) is 10.8. The maximum absolute atomic E-state index is 10.9. The quantitative estimate of drug-likeness (QED) is 0.0942. The molecule has 1 atom stereocenters. The lowest BCUT2D eigenvalue weighted by atomic mass is 9.88. The summed E-state index contributed by atoms with van der Waals surface area (Å²) in [4.78, 5) is 13.4. The van der Waals surface area contributed by atoms with E-state index in [-0.39, 0.29) is 6.04 Å². The summed E-state index contributed by atoms with van der Waals surface area (Å²) in [6.07, 6.45) is 12.2. The number of pyridine rings is 2. The fourth-order valence-electron chi connectivity index (χ4n) is 5.38. The van der Waals surface area contributed by atoms with Gasteiger partial charge in [-0.05, 0) is 90.0 Å². The molecule has 0 bridgehead atoms. The Bertz CT molecular complexity index is 1510. The molecule has 5 rings (SSSR count). The number of hydrogen-bond acceptors (Lipinski definition) is 6. The molecule has 6 nitrogen and oxygen atoms in total. The molecule has 1 N–H and O–H groups in total. The minimum absolute atomic E-state index is 0.206. The van der Waals surface area contributed by atoms with Crippen molar-refractivity contribution in [2.75, 3.05) is 29.5 Å². The van der Waals surface area contributed by atoms with E-state index >= 15 is 0 Å². The van der Waals surface area contributed by atoms with E-state index in [9.17, 15) is 4.48 Å². The maximum atomic E-state index is 10.9. The van der Waals surface area contributed by atoms with Crippen LogP contribution in [0.2, 0.25) is 5.02 Å². The second-order valence-corrected chi connectivity index (χ2v) is 12.0. The predicted octanol–water partition coefficient (Wildman–Crippen LogP) is 9.69. The molecule has 1 fully saturated rings. The molecule has 1 saturated heterocycles. The summed E-state index contributed by atoms with van der Waals surface area (Å²) in [6, 6.07) is 12.4. The van der Waals surface area contributed by atoms with Crippen LogP contribution in [0.5, 0.6) is 5.88 Å². The average molecular weight is 681 g/mol. The monoisotopic (exact) mass is 679 g/mol. The summed E-state index contributed by atoms with van der Waals surface area (Å²) in [5.74, 6) is 0.686. The van der Waals surface area contributed by atoms with Crippen molar-refractivity contribution in [3.05, 3.63) is 113 Å². The second kappa shape index (κ2) is 16.0. The van der Waals surface area contributed by atoms with Gasteiger partial charge >= 0.3 is 0 Å². The van der Waals surface area contributed by atoms with Crippen LogP contribution in [0, 0.1) is 6.92 Å². The number of nitrogens with zero attached hydrogens (tertiary/aromatic N) is 4. The van der Waals surface area contributed by atoms with E-state index in [0.29, 0.717) is 30.5 Å². The Hall–Kier alpha value is -3.46. The van der Waals surface area contributed by atoms with Crippen LogP contribution in [-0.4, -0.2) is 35.7 Å². The first kappa shape index (κ1) is 33.4. The summed E-state index contributed by atoms with van der Waals surface area (Å²) in [5.41, 5.74) is 9.59. The van der Waals surface area contributed by atoms with Gasteiger partial charge in [-0.25, -0.2) is 9.97 Å². The van der Waals surface area contributed by atoms with Crippen molar-refractivity contribution < 1.29 is 9.22 Å². The third-order valence-electron chi connectivity index (χ3n) is 7.66. The molecule has 0 saturated carbocycles. The highest BCUT2D eigenvalue weighted by molar-refractivity contribution is 9.10. The van der Waals surface area contributed by atoms with Crippen LogP contribution in [0.25, 0.3) is 5.57 Å². The number of aromatic nitrogens is 2. The van der Waals surface area contributed by atoms with E-state index in [1.165, 1.54) is 5.54 Å². The van der Waals surface area contributed by atoms with E-state index < -0.39 is 0 Å². The zero-order valence-electron chi connectivity index (χ0n) is 25.5. The first-order chi connectivity index (χ1) is 21.3. The highest BCUT2D eigenvalue weighted by atomic mass is 79.9. The molecule has 44 heavy (non-hydrogen) atoms. The van der Waals surface area contributed by atoms with Crippen LogP contribution in [0.1, 0.15) is 50.2 Å². The molecule has 2 aromatic heterocycles. The minimum atomic E-state index is 0.206. The fraction of sp³-hybridized carbons (Fsp3) is 0.314. The molecule has 9 heteroatoms. The molecule has 1 aromatic carbocycles. The standard InChI is InChI=1S/C31H32BrClN4O.C4H8FN/c1-5-8-20(2)26-18-37(23-11-12-30(32)35-17-23)28-16-29(27(33)15-25(28)22(26)4)36-14-7-10-24(36)19-38-31-21(3)9-6-13-34-31;1-2-3-4-6-5/h6,9,11-13,15-18,24H,2,4-5,7-8,10,14,19H2,1,3H3;2,6H,1,3-4H2. The third kappa shape index (κ3) is 7.97. The number of aryl methyl sites for hydroxylation is 1. The average Bonchev–Trinajstić information content (AvgIpc) is 3.49. The lowest BCUT2D eigenvalue weighted by Crippen LogP contribution is -2.34. The van der Waals surface area contributed by atoms with Crippen LogP contribution in [0.15, 0.2) is 96.6 Å². The van der Waals surface area contributed by atoms with Crippen molar-refractivity contribution in [2.24, 2.45) is 0 Å². The number of anilines is 3. The number of halogens is 3. The van der Waals surface area contributed by atoms with Crippen LogP contribution in [0.3, 0.4) is 0 Å². The summed E-state index contributed by atoms with van der Waals surface area (Å²) in [5, 5.41) is 0.710. The molecule has 1 unspecified atom stereocenters. The first-order valence-electron chi connectivity index (χ1n) is 14.9. The molecule has 3 aromatic rings. The number of allylic oxidation sites excluding steroid dienone is 3. The highest BCUT2D eigenvalue weighted by Gasteiger charge is 2.31. The molecule has 232 valence electrons. The lowest BCUT2D eigenvalue weighted by molar-refractivity contribution is 0.276. The minimum Gasteiger partial charge on any atom is -0.475 e. The van der Waals surface area contributed by atoms with Crippen molar-refractivity contribution in [2.45, 2.75) is 52.0 Å². The molecule has 0 aliphatic carbocycles. The summed E-state index contributed by atoms with van der Waals surface area (Å²) in [6.45, 7) is 18.2. The van der Waals surface area contributed by atoms with Gasteiger partial charge < -0.3 is 14.5 Å². The number of rotatable bonds is 11. The van der Waals surface area contributed by atoms with Gasteiger partial charge in [-0.2, -0.15) is 5.54 Å². The van der Waals surface area contributed by atoms with Gasteiger partial charge in [0.05, 0.1) is 34.3 Å². The van der Waals surface area contributed by atoms with Gasteiger partial charge in [0.1, 0.15) is 11.2 Å². The molecule has 4 heterocycles. The van der Waals surface area contributed by atoms with Gasteiger partial charge in [-0.15, -0.1) is 11.1 Å². The highest BCUT2D eigenvalue weighted by Crippen LogP contribution is 2.47. The number of fused-ring (bicyclic) bond motifs is 1. The number of nitrogens with one attached hydrogen (secondary N) is 1. The SMILES string of the molecule is C=C(CCC)C1=CN(c2ccc(Br)nc2)c2cc(N3CCCC3COc3ncccc3C)c(Cl)cc2C1=C.C=CCCNF. The number of ether oxygens (including phenoxy) is 1. The van der Waals surface area contributed by atoms with Gasteiger partial charge in [0, 0.05) is 42.2 Å². The van der Waals surface area contributed by atoms with E-state index in [1.807, 2.05) is 31.3 Å². The molecule has 0 amide bonds. The van der Waals surface area contributed by atoms with E-state index in [0.717, 1.165) is 81.7 Å². The van der Waals surface area contributed by atoms with Crippen molar-refractivity contribution in [1.82, 2.24) is 15.5 Å².